The fraction of sp³-hybridized carbons (Fsp3) is 0.0909. The van der Waals surface area contributed by atoms with Crippen LogP contribution in [0.4, 0.5) is 5.95 Å². The lowest BCUT2D eigenvalue weighted by Crippen LogP contribution is -2.00. The SMILES string of the molecule is Cc1ccc2nc(N/N=C\c3ccccc3COc3ccccc3)[nH]c2c1. The summed E-state index contributed by atoms with van der Waals surface area (Å²) in [5.74, 6) is 1.46. The topological polar surface area (TPSA) is 62.3 Å². The van der Waals surface area contributed by atoms with E-state index in [9.17, 15) is 0 Å². The fourth-order valence-electron chi connectivity index (χ4n) is 2.81. The zero-order chi connectivity index (χ0) is 18.5. The van der Waals surface area contributed by atoms with Gasteiger partial charge in [0, 0.05) is 5.56 Å². The van der Waals surface area contributed by atoms with Crippen molar-refractivity contribution in [3.05, 3.63) is 89.5 Å². The minimum Gasteiger partial charge on any atom is -0.489 e. The van der Waals surface area contributed by atoms with Gasteiger partial charge in [-0.25, -0.2) is 10.4 Å². The van der Waals surface area contributed by atoms with Crippen LogP contribution < -0.4 is 10.2 Å². The predicted octanol–water partition coefficient (Wildman–Crippen LogP) is 4.90. The molecule has 0 amide bonds. The van der Waals surface area contributed by atoms with Crippen LogP contribution in [0.5, 0.6) is 5.75 Å². The second kappa shape index (κ2) is 7.74. The maximum Gasteiger partial charge on any atom is 0.222 e. The summed E-state index contributed by atoms with van der Waals surface area (Å²) in [4.78, 5) is 7.70. The highest BCUT2D eigenvalue weighted by molar-refractivity contribution is 5.82. The molecule has 2 N–H and O–H groups in total. The van der Waals surface area contributed by atoms with Crippen LogP contribution in [-0.4, -0.2) is 16.2 Å². The lowest BCUT2D eigenvalue weighted by atomic mass is 10.1. The number of imidazole rings is 1. The number of nitrogens with zero attached hydrogens (tertiary/aromatic N) is 2. The maximum absolute atomic E-state index is 5.85. The van der Waals surface area contributed by atoms with E-state index in [4.69, 9.17) is 4.74 Å². The van der Waals surface area contributed by atoms with E-state index in [0.29, 0.717) is 12.6 Å². The van der Waals surface area contributed by atoms with Crippen LogP contribution in [0.2, 0.25) is 0 Å². The van der Waals surface area contributed by atoms with E-state index in [-0.39, 0.29) is 0 Å². The highest BCUT2D eigenvalue weighted by Crippen LogP contribution is 2.16. The van der Waals surface area contributed by atoms with Gasteiger partial charge in [0.2, 0.25) is 5.95 Å². The first-order valence-electron chi connectivity index (χ1n) is 8.79. The van der Waals surface area contributed by atoms with Crippen molar-refractivity contribution >= 4 is 23.2 Å². The molecule has 1 aromatic heterocycles. The lowest BCUT2D eigenvalue weighted by molar-refractivity contribution is 0.306. The van der Waals surface area contributed by atoms with Crippen molar-refractivity contribution in [2.75, 3.05) is 5.43 Å². The van der Waals surface area contributed by atoms with E-state index in [0.717, 1.165) is 27.9 Å². The molecule has 0 bridgehead atoms. The number of H-pyrrole nitrogens is 1. The number of anilines is 1. The van der Waals surface area contributed by atoms with Crippen molar-refractivity contribution in [3.63, 3.8) is 0 Å². The van der Waals surface area contributed by atoms with E-state index in [1.54, 1.807) is 6.21 Å². The van der Waals surface area contributed by atoms with Crippen LogP contribution in [0.1, 0.15) is 16.7 Å². The van der Waals surface area contributed by atoms with Gasteiger partial charge in [0.15, 0.2) is 0 Å². The molecule has 3 aromatic carbocycles. The number of hydrogen-bond acceptors (Lipinski definition) is 4. The van der Waals surface area contributed by atoms with Crippen molar-refractivity contribution in [2.24, 2.45) is 5.10 Å². The number of aryl methyl sites for hydroxylation is 1. The molecule has 0 atom stereocenters. The molecule has 0 aliphatic heterocycles. The molecule has 0 saturated heterocycles. The molecule has 134 valence electrons. The number of hydrogen-bond donors (Lipinski definition) is 2. The minimum absolute atomic E-state index is 0.482. The Morgan fingerprint density at radius 2 is 1.85 bits per heavy atom. The molecular weight excluding hydrogens is 336 g/mol. The van der Waals surface area contributed by atoms with Gasteiger partial charge in [-0.05, 0) is 42.3 Å². The average Bonchev–Trinajstić information content (AvgIpc) is 3.10. The molecule has 4 aromatic rings. The van der Waals surface area contributed by atoms with E-state index in [2.05, 4.69) is 33.5 Å². The summed E-state index contributed by atoms with van der Waals surface area (Å²) in [6.45, 7) is 2.54. The summed E-state index contributed by atoms with van der Waals surface area (Å²) < 4.78 is 5.85. The lowest BCUT2D eigenvalue weighted by Gasteiger charge is -2.08. The van der Waals surface area contributed by atoms with Crippen molar-refractivity contribution in [1.29, 1.82) is 0 Å². The molecule has 4 rings (SSSR count). The van der Waals surface area contributed by atoms with Crippen LogP contribution in [0.3, 0.4) is 0 Å². The van der Waals surface area contributed by atoms with Gasteiger partial charge in [-0.2, -0.15) is 5.10 Å². The molecule has 0 spiro atoms. The number of benzene rings is 3. The predicted molar refractivity (Wildman–Crippen MR) is 109 cm³/mol. The van der Waals surface area contributed by atoms with Gasteiger partial charge < -0.3 is 9.72 Å². The van der Waals surface area contributed by atoms with Crippen molar-refractivity contribution in [1.82, 2.24) is 9.97 Å². The molecule has 5 nitrogen and oxygen atoms in total. The summed E-state index contributed by atoms with van der Waals surface area (Å²) in [5.41, 5.74) is 8.11. The number of aromatic amines is 1. The van der Waals surface area contributed by atoms with Gasteiger partial charge in [0.1, 0.15) is 12.4 Å². The van der Waals surface area contributed by atoms with Crippen LogP contribution in [0, 0.1) is 6.92 Å². The molecule has 27 heavy (non-hydrogen) atoms. The maximum atomic E-state index is 5.85. The Kier molecular flexibility index (Phi) is 4.83. The summed E-state index contributed by atoms with van der Waals surface area (Å²) in [5, 5.41) is 4.32. The molecule has 0 unspecified atom stereocenters. The normalized spacial score (nSPS) is 11.1. The Hall–Kier alpha value is -3.60. The van der Waals surface area contributed by atoms with Gasteiger partial charge in [0.05, 0.1) is 17.2 Å². The first kappa shape index (κ1) is 16.8. The number of para-hydroxylation sites is 1. The Morgan fingerprint density at radius 1 is 1.04 bits per heavy atom. The van der Waals surface area contributed by atoms with E-state index in [1.807, 2.05) is 66.7 Å². The summed E-state index contributed by atoms with van der Waals surface area (Å²) in [6, 6.07) is 23.9. The third kappa shape index (κ3) is 4.15. The van der Waals surface area contributed by atoms with Crippen LogP contribution in [0.15, 0.2) is 77.9 Å². The molecule has 0 radical (unpaired) electrons. The van der Waals surface area contributed by atoms with E-state index >= 15 is 0 Å². The number of hydrazone groups is 1. The van der Waals surface area contributed by atoms with Crippen molar-refractivity contribution in [2.45, 2.75) is 13.5 Å². The first-order chi connectivity index (χ1) is 13.3. The number of ether oxygens (including phenoxy) is 1. The minimum atomic E-state index is 0.482. The molecular formula is C22H20N4O. The fourth-order valence-corrected chi connectivity index (χ4v) is 2.81. The van der Waals surface area contributed by atoms with Crippen LogP contribution in [0.25, 0.3) is 11.0 Å². The summed E-state index contributed by atoms with van der Waals surface area (Å²) in [7, 11) is 0. The van der Waals surface area contributed by atoms with Crippen LogP contribution >= 0.6 is 0 Å². The van der Waals surface area contributed by atoms with Crippen molar-refractivity contribution in [3.8, 4) is 5.75 Å². The second-order valence-electron chi connectivity index (χ2n) is 6.28. The summed E-state index contributed by atoms with van der Waals surface area (Å²) >= 11 is 0. The average molecular weight is 356 g/mol. The quantitative estimate of drug-likeness (QED) is 0.382. The van der Waals surface area contributed by atoms with Gasteiger partial charge >= 0.3 is 0 Å². The Morgan fingerprint density at radius 3 is 2.74 bits per heavy atom. The molecule has 1 heterocycles. The van der Waals surface area contributed by atoms with Gasteiger partial charge in [-0.3, -0.25) is 0 Å². The van der Waals surface area contributed by atoms with Gasteiger partial charge in [-0.15, -0.1) is 0 Å². The van der Waals surface area contributed by atoms with E-state index < -0.39 is 0 Å². The Labute approximate surface area is 157 Å². The zero-order valence-electron chi connectivity index (χ0n) is 15.0. The van der Waals surface area contributed by atoms with Crippen LogP contribution in [-0.2, 0) is 6.61 Å². The number of rotatable bonds is 6. The third-order valence-corrected chi connectivity index (χ3v) is 4.20. The largest absolute Gasteiger partial charge is 0.489 e. The van der Waals surface area contributed by atoms with Gasteiger partial charge in [-0.1, -0.05) is 48.5 Å². The summed E-state index contributed by atoms with van der Waals surface area (Å²) in [6.07, 6.45) is 1.78. The third-order valence-electron chi connectivity index (χ3n) is 4.20. The van der Waals surface area contributed by atoms with E-state index in [1.165, 1.54) is 5.56 Å². The molecule has 0 aliphatic carbocycles. The standard InChI is InChI=1S/C22H20N4O/c1-16-11-12-20-21(13-16)25-22(24-20)26-23-14-17-7-5-6-8-18(17)15-27-19-9-3-2-4-10-19/h2-14H,15H2,1H3,(H2,24,25,26)/b23-14-. The first-order valence-corrected chi connectivity index (χ1v) is 8.79. The number of nitrogens with one attached hydrogen (secondary N) is 2. The highest BCUT2D eigenvalue weighted by Gasteiger charge is 2.03. The molecule has 5 heteroatoms. The monoisotopic (exact) mass is 356 g/mol. The van der Waals surface area contributed by atoms with Crippen molar-refractivity contribution < 1.29 is 4.74 Å². The number of fused-ring (bicyclic) bond motifs is 1. The van der Waals surface area contributed by atoms with Gasteiger partial charge in [0.25, 0.3) is 0 Å². The Balaban J connectivity index is 1.45. The Bertz CT molecular complexity index is 1070. The molecule has 0 saturated carbocycles. The second-order valence-corrected chi connectivity index (χ2v) is 6.28. The molecule has 0 fully saturated rings. The highest BCUT2D eigenvalue weighted by atomic mass is 16.5. The number of aromatic nitrogens is 2. The zero-order valence-corrected chi connectivity index (χ0v) is 15.0. The smallest absolute Gasteiger partial charge is 0.222 e. The molecule has 0 aliphatic rings.